The Labute approximate surface area is 73.0 Å². The number of nitrogens with one attached hydrogen (secondary N) is 1. The van der Waals surface area contributed by atoms with E-state index in [1.165, 1.54) is 6.33 Å². The van der Waals surface area contributed by atoms with E-state index in [4.69, 9.17) is 0 Å². The van der Waals surface area contributed by atoms with Crippen molar-refractivity contribution < 1.29 is 0 Å². The molecule has 0 fully saturated rings. The number of tetrazole rings is 1. The van der Waals surface area contributed by atoms with Gasteiger partial charge in [-0.1, -0.05) is 27.7 Å². The Morgan fingerprint density at radius 2 is 1.75 bits per heavy atom. The maximum Gasteiger partial charge on any atom is 0.00127 e. The average molecular weight is 170 g/mol. The van der Waals surface area contributed by atoms with E-state index in [0.717, 1.165) is 0 Å². The van der Waals surface area contributed by atoms with Gasteiger partial charge in [0.15, 0.2) is 0 Å². The number of aromatic nitrogens is 4. The van der Waals surface area contributed by atoms with Crippen molar-refractivity contribution in [2.24, 2.45) is 0 Å². The molecule has 0 aromatic carbocycles. The van der Waals surface area contributed by atoms with Crippen molar-refractivity contribution in [2.45, 2.75) is 39.8 Å². The summed E-state index contributed by atoms with van der Waals surface area (Å²) in [5.41, 5.74) is 0. The molecule has 1 aromatic rings. The second-order valence-electron chi connectivity index (χ2n) is 3.00. The van der Waals surface area contributed by atoms with Crippen LogP contribution in [-0.4, -0.2) is 27.6 Å². The smallest absolute Gasteiger partial charge is 0.00127 e. The second kappa shape index (κ2) is 6.72. The summed E-state index contributed by atoms with van der Waals surface area (Å²) in [7, 11) is 0. The molecule has 0 bridgehead atoms. The molecule has 0 unspecified atom stereocenters. The Bertz CT molecular complexity index is 135. The molecule has 0 aliphatic carbocycles. The van der Waals surface area contributed by atoms with Gasteiger partial charge in [-0.05, 0) is 6.33 Å². The molecule has 0 radical (unpaired) electrons. The van der Waals surface area contributed by atoms with E-state index in [2.05, 4.69) is 53.6 Å². The van der Waals surface area contributed by atoms with Gasteiger partial charge in [-0.15, -0.1) is 0 Å². The first-order valence-corrected chi connectivity index (χ1v) is 4.00. The first-order valence-electron chi connectivity index (χ1n) is 4.00. The predicted molar refractivity (Wildman–Crippen MR) is 46.6 cm³/mol. The number of rotatable bonds is 2. The van der Waals surface area contributed by atoms with Crippen LogP contribution in [-0.2, 0) is 0 Å². The summed E-state index contributed by atoms with van der Waals surface area (Å²) in [6.45, 7) is 8.61. The van der Waals surface area contributed by atoms with Crippen molar-refractivity contribution in [2.75, 3.05) is 0 Å². The van der Waals surface area contributed by atoms with Crippen molar-refractivity contribution in [1.29, 1.82) is 0 Å². The standard InChI is InChI=1S/C6H15N.CHN4/c1-5(2)7-6(3)4;1-2-4-5-3-1/h5-7H,1-4H3;1H/q;-1. The fraction of sp³-hybridized carbons (Fsp3) is 0.857. The molecule has 0 aliphatic rings. The Morgan fingerprint density at radius 3 is 1.83 bits per heavy atom. The van der Waals surface area contributed by atoms with Gasteiger partial charge in [0, 0.05) is 12.1 Å². The van der Waals surface area contributed by atoms with Gasteiger partial charge in [0.25, 0.3) is 0 Å². The van der Waals surface area contributed by atoms with E-state index in [1.54, 1.807) is 0 Å². The van der Waals surface area contributed by atoms with Crippen LogP contribution in [0.3, 0.4) is 0 Å². The van der Waals surface area contributed by atoms with Gasteiger partial charge in [0.1, 0.15) is 0 Å². The third kappa shape index (κ3) is 9.03. The highest BCUT2D eigenvalue weighted by molar-refractivity contribution is 4.55. The van der Waals surface area contributed by atoms with Crippen LogP contribution in [0.15, 0.2) is 6.33 Å². The highest BCUT2D eigenvalue weighted by Crippen LogP contribution is 1.80. The fourth-order valence-electron chi connectivity index (χ4n) is 0.782. The summed E-state index contributed by atoms with van der Waals surface area (Å²) in [6, 6.07) is 1.25. The predicted octanol–water partition coefficient (Wildman–Crippen LogP) is 0.222. The molecule has 0 amide bonds. The van der Waals surface area contributed by atoms with Crippen LogP contribution in [0.4, 0.5) is 0 Å². The highest BCUT2D eigenvalue weighted by atomic mass is 15.5. The first kappa shape index (κ1) is 11.0. The SMILES string of the molecule is CC(C)NC(C)C.c1nnn[n-]1. The molecule has 0 spiro atoms. The van der Waals surface area contributed by atoms with Crippen LogP contribution in [0.2, 0.25) is 0 Å². The molecule has 5 nitrogen and oxygen atoms in total. The zero-order valence-corrected chi connectivity index (χ0v) is 8.02. The van der Waals surface area contributed by atoms with Gasteiger partial charge in [-0.25, -0.2) is 0 Å². The average Bonchev–Trinajstić information content (AvgIpc) is 2.36. The van der Waals surface area contributed by atoms with Crippen LogP contribution in [0.5, 0.6) is 0 Å². The highest BCUT2D eigenvalue weighted by Gasteiger charge is 1.92. The molecule has 0 saturated carbocycles. The summed E-state index contributed by atoms with van der Waals surface area (Å²) in [4.78, 5) is 0. The summed E-state index contributed by atoms with van der Waals surface area (Å²) in [5, 5.41) is 16.0. The van der Waals surface area contributed by atoms with Gasteiger partial charge in [0.2, 0.25) is 0 Å². The molecular weight excluding hydrogens is 154 g/mol. The van der Waals surface area contributed by atoms with Gasteiger partial charge in [-0.2, -0.15) is 5.21 Å². The van der Waals surface area contributed by atoms with Gasteiger partial charge >= 0.3 is 0 Å². The molecule has 5 heteroatoms. The molecule has 12 heavy (non-hydrogen) atoms. The molecule has 1 N–H and O–H groups in total. The van der Waals surface area contributed by atoms with Gasteiger partial charge < -0.3 is 10.4 Å². The minimum absolute atomic E-state index is 0.625. The number of nitrogens with zero attached hydrogens (tertiary/aromatic N) is 4. The Hall–Kier alpha value is -0.970. The van der Waals surface area contributed by atoms with Crippen molar-refractivity contribution in [3.8, 4) is 0 Å². The van der Waals surface area contributed by atoms with Crippen LogP contribution >= 0.6 is 0 Å². The Balaban J connectivity index is 0.000000211. The topological polar surface area (TPSA) is 64.8 Å². The first-order chi connectivity index (χ1) is 5.63. The minimum atomic E-state index is 0.625. The third-order valence-electron chi connectivity index (χ3n) is 0.913. The van der Waals surface area contributed by atoms with E-state index in [0.29, 0.717) is 12.1 Å². The third-order valence-corrected chi connectivity index (χ3v) is 0.913. The van der Waals surface area contributed by atoms with Gasteiger partial charge in [-0.3, -0.25) is 10.3 Å². The fourth-order valence-corrected chi connectivity index (χ4v) is 0.782. The van der Waals surface area contributed by atoms with E-state index < -0.39 is 0 Å². The summed E-state index contributed by atoms with van der Waals surface area (Å²) < 4.78 is 0. The van der Waals surface area contributed by atoms with Gasteiger partial charge in [0.05, 0.1) is 0 Å². The number of hydrogen-bond donors (Lipinski definition) is 1. The second-order valence-corrected chi connectivity index (χ2v) is 3.00. The Morgan fingerprint density at radius 1 is 1.17 bits per heavy atom. The van der Waals surface area contributed by atoms with E-state index in [-0.39, 0.29) is 0 Å². The van der Waals surface area contributed by atoms with Crippen molar-refractivity contribution >= 4 is 0 Å². The lowest BCUT2D eigenvalue weighted by molar-refractivity contribution is 0.518. The lowest BCUT2D eigenvalue weighted by Crippen LogP contribution is -2.29. The molecule has 1 heterocycles. The monoisotopic (exact) mass is 170 g/mol. The normalized spacial score (nSPS) is 9.83. The summed E-state index contributed by atoms with van der Waals surface area (Å²) >= 11 is 0. The molecule has 0 atom stereocenters. The largest absolute Gasteiger partial charge is 0.339 e. The lowest BCUT2D eigenvalue weighted by Gasteiger charge is -2.10. The van der Waals surface area contributed by atoms with E-state index in [1.807, 2.05) is 0 Å². The summed E-state index contributed by atoms with van der Waals surface area (Å²) in [6.07, 6.45) is 1.28. The van der Waals surface area contributed by atoms with Crippen LogP contribution in [0.25, 0.3) is 0 Å². The Kier molecular flexibility index (Phi) is 6.18. The summed E-state index contributed by atoms with van der Waals surface area (Å²) in [5.74, 6) is 0. The van der Waals surface area contributed by atoms with Crippen molar-refractivity contribution in [3.05, 3.63) is 6.33 Å². The molecule has 1 aromatic heterocycles. The molecule has 0 saturated heterocycles. The zero-order chi connectivity index (χ0) is 9.40. The van der Waals surface area contributed by atoms with Crippen LogP contribution in [0, 0.1) is 0 Å². The number of hydrogen-bond acceptors (Lipinski definition) is 4. The molecular formula is C7H16N5-. The lowest BCUT2D eigenvalue weighted by atomic mass is 10.3. The van der Waals surface area contributed by atoms with Crippen LogP contribution in [0.1, 0.15) is 27.7 Å². The zero-order valence-electron chi connectivity index (χ0n) is 8.02. The molecule has 70 valence electrons. The minimum Gasteiger partial charge on any atom is -0.339 e. The molecule has 0 aliphatic heterocycles. The van der Waals surface area contributed by atoms with E-state index >= 15 is 0 Å². The maximum absolute atomic E-state index is 3.31. The quantitative estimate of drug-likeness (QED) is 0.688. The van der Waals surface area contributed by atoms with Crippen LogP contribution < -0.4 is 10.4 Å². The van der Waals surface area contributed by atoms with E-state index in [9.17, 15) is 0 Å². The van der Waals surface area contributed by atoms with Crippen molar-refractivity contribution in [1.82, 2.24) is 25.9 Å². The van der Waals surface area contributed by atoms with Crippen molar-refractivity contribution in [3.63, 3.8) is 0 Å². The molecule has 1 rings (SSSR count). The maximum atomic E-state index is 3.31.